The third-order valence-corrected chi connectivity index (χ3v) is 8.96. The number of aromatic amines is 2. The molecule has 2 aliphatic heterocycles. The third-order valence-electron chi connectivity index (χ3n) is 8.96. The lowest BCUT2D eigenvalue weighted by atomic mass is 9.97. The number of nitrogens with zero attached hydrogens (tertiary/aromatic N) is 1. The van der Waals surface area contributed by atoms with Gasteiger partial charge in [-0.25, -0.2) is 4.99 Å². The normalized spacial score (nSPS) is 16.9. The molecule has 0 atom stereocenters. The fourth-order valence-electron chi connectivity index (χ4n) is 6.44. The summed E-state index contributed by atoms with van der Waals surface area (Å²) >= 11 is 0. The molecule has 0 spiro atoms. The molecule has 4 heterocycles. The first-order valence-electron chi connectivity index (χ1n) is 15.8. The molecule has 0 radical (unpaired) electrons. The maximum absolute atomic E-state index is 12.5. The van der Waals surface area contributed by atoms with Crippen molar-refractivity contribution >= 4 is 47.7 Å². The van der Waals surface area contributed by atoms with Crippen molar-refractivity contribution in [1.82, 2.24) is 15.3 Å². The SMILES string of the molecule is C=CCOC(=O)CCc1c(/C=c2/[nH]c3c(c2CCC(=O)OC)CCC2=C(CC)C(=O)N=C2C=3)[nH]c(/C=C2\NC(=O)C(C)=C2C=C)c1C. The molecule has 3 N–H and O–H groups in total. The number of carbonyl (C=O) groups is 4. The molecule has 0 bridgehead atoms. The van der Waals surface area contributed by atoms with Crippen LogP contribution in [0.5, 0.6) is 0 Å². The van der Waals surface area contributed by atoms with E-state index < -0.39 is 0 Å². The summed E-state index contributed by atoms with van der Waals surface area (Å²) < 4.78 is 10.2. The van der Waals surface area contributed by atoms with E-state index >= 15 is 0 Å². The number of methoxy groups -OCH3 is 1. The smallest absolute Gasteiger partial charge is 0.306 e. The number of fused-ring (bicyclic) bond motifs is 2. The van der Waals surface area contributed by atoms with Crippen LogP contribution >= 0.6 is 0 Å². The molecule has 0 fully saturated rings. The number of esters is 2. The van der Waals surface area contributed by atoms with Gasteiger partial charge in [-0.05, 0) is 92.0 Å². The number of aromatic nitrogens is 2. The molecule has 10 nitrogen and oxygen atoms in total. The predicted octanol–water partition coefficient (Wildman–Crippen LogP) is 3.64. The van der Waals surface area contributed by atoms with E-state index in [1.54, 1.807) is 13.0 Å². The average molecular weight is 637 g/mol. The van der Waals surface area contributed by atoms with Crippen molar-refractivity contribution < 1.29 is 28.7 Å². The van der Waals surface area contributed by atoms with Crippen LogP contribution in [0.25, 0.3) is 18.2 Å². The summed E-state index contributed by atoms with van der Waals surface area (Å²) in [5, 5.41) is 4.56. The van der Waals surface area contributed by atoms with Crippen molar-refractivity contribution in [3.63, 3.8) is 0 Å². The van der Waals surface area contributed by atoms with Crippen molar-refractivity contribution in [2.24, 2.45) is 4.99 Å². The second-order valence-electron chi connectivity index (χ2n) is 11.7. The van der Waals surface area contributed by atoms with Gasteiger partial charge < -0.3 is 24.8 Å². The number of hydrogen-bond acceptors (Lipinski definition) is 6. The minimum absolute atomic E-state index is 0.138. The minimum Gasteiger partial charge on any atom is -0.469 e. The van der Waals surface area contributed by atoms with Crippen LogP contribution in [0, 0.1) is 6.92 Å². The summed E-state index contributed by atoms with van der Waals surface area (Å²) in [6.07, 6.45) is 12.2. The van der Waals surface area contributed by atoms with Crippen LogP contribution in [0.1, 0.15) is 73.2 Å². The fourth-order valence-corrected chi connectivity index (χ4v) is 6.44. The Kier molecular flexibility index (Phi) is 9.89. The highest BCUT2D eigenvalue weighted by Crippen LogP contribution is 2.29. The molecule has 47 heavy (non-hydrogen) atoms. The van der Waals surface area contributed by atoms with Gasteiger partial charge in [-0.2, -0.15) is 0 Å². The number of nitrogens with one attached hydrogen (secondary N) is 3. The number of carbonyl (C=O) groups excluding carboxylic acids is 4. The van der Waals surface area contributed by atoms with E-state index in [2.05, 4.69) is 33.4 Å². The Morgan fingerprint density at radius 2 is 1.74 bits per heavy atom. The molecule has 0 saturated heterocycles. The maximum atomic E-state index is 12.5. The van der Waals surface area contributed by atoms with Crippen LogP contribution in [0.4, 0.5) is 0 Å². The summed E-state index contributed by atoms with van der Waals surface area (Å²) in [5.74, 6) is -1.00. The van der Waals surface area contributed by atoms with Crippen molar-refractivity contribution in [3.05, 3.63) is 97.6 Å². The zero-order chi connectivity index (χ0) is 33.8. The minimum atomic E-state index is -0.339. The van der Waals surface area contributed by atoms with Crippen molar-refractivity contribution in [3.8, 4) is 0 Å². The van der Waals surface area contributed by atoms with Crippen LogP contribution in [-0.4, -0.2) is 53.1 Å². The molecule has 0 unspecified atom stereocenters. The maximum Gasteiger partial charge on any atom is 0.306 e. The highest BCUT2D eigenvalue weighted by Gasteiger charge is 2.27. The van der Waals surface area contributed by atoms with E-state index in [4.69, 9.17) is 9.47 Å². The van der Waals surface area contributed by atoms with Gasteiger partial charge in [0.25, 0.3) is 11.8 Å². The highest BCUT2D eigenvalue weighted by atomic mass is 16.5. The number of allylic oxidation sites excluding steroid dienone is 2. The lowest BCUT2D eigenvalue weighted by molar-refractivity contribution is -0.142. The Labute approximate surface area is 273 Å². The van der Waals surface area contributed by atoms with Crippen LogP contribution in [0.15, 0.2) is 58.3 Å². The van der Waals surface area contributed by atoms with Crippen molar-refractivity contribution in [1.29, 1.82) is 0 Å². The van der Waals surface area contributed by atoms with E-state index in [1.807, 2.05) is 32.1 Å². The van der Waals surface area contributed by atoms with Crippen molar-refractivity contribution in [2.45, 2.75) is 65.7 Å². The first-order valence-corrected chi connectivity index (χ1v) is 15.8. The molecular formula is C37H40N4O6. The van der Waals surface area contributed by atoms with Gasteiger partial charge in [0.2, 0.25) is 0 Å². The number of hydrogen-bond donors (Lipinski definition) is 3. The van der Waals surface area contributed by atoms with E-state index in [0.717, 1.165) is 61.1 Å². The molecular weight excluding hydrogens is 596 g/mol. The van der Waals surface area contributed by atoms with E-state index in [-0.39, 0.29) is 43.2 Å². The number of rotatable bonds is 12. The van der Waals surface area contributed by atoms with Crippen LogP contribution in [-0.2, 0) is 47.9 Å². The molecule has 5 rings (SSSR count). The number of H-pyrrole nitrogens is 2. The Morgan fingerprint density at radius 1 is 1.00 bits per heavy atom. The molecule has 0 saturated carbocycles. The Morgan fingerprint density at radius 3 is 2.45 bits per heavy atom. The van der Waals surface area contributed by atoms with Crippen LogP contribution in [0.2, 0.25) is 0 Å². The monoisotopic (exact) mass is 636 g/mol. The molecule has 3 aliphatic rings. The Bertz CT molecular complexity index is 1960. The molecule has 0 aromatic carbocycles. The predicted molar refractivity (Wildman–Crippen MR) is 181 cm³/mol. The molecule has 2 aromatic rings. The Balaban J connectivity index is 1.66. The quantitative estimate of drug-likeness (QED) is 0.240. The second-order valence-corrected chi connectivity index (χ2v) is 11.7. The zero-order valence-corrected chi connectivity index (χ0v) is 27.4. The van der Waals surface area contributed by atoms with Gasteiger partial charge in [-0.3, -0.25) is 19.2 Å². The summed E-state index contributed by atoms with van der Waals surface area (Å²) in [5.41, 5.74) is 9.79. The van der Waals surface area contributed by atoms with Crippen LogP contribution < -0.4 is 16.0 Å². The van der Waals surface area contributed by atoms with Gasteiger partial charge in [0.15, 0.2) is 0 Å². The van der Waals surface area contributed by atoms with Crippen LogP contribution in [0.3, 0.4) is 0 Å². The Hall–Kier alpha value is -5.25. The van der Waals surface area contributed by atoms with Gasteiger partial charge in [-0.1, -0.05) is 32.2 Å². The average Bonchev–Trinajstić information content (AvgIpc) is 3.69. The lowest BCUT2D eigenvalue weighted by Gasteiger charge is -2.06. The van der Waals surface area contributed by atoms with Gasteiger partial charge in [-0.15, -0.1) is 0 Å². The van der Waals surface area contributed by atoms with Gasteiger partial charge >= 0.3 is 11.9 Å². The largest absolute Gasteiger partial charge is 0.469 e. The molecule has 2 amide bonds. The number of aliphatic imine (C=N–C) groups is 1. The highest BCUT2D eigenvalue weighted by molar-refractivity contribution is 6.31. The molecule has 1 aliphatic carbocycles. The summed E-state index contributed by atoms with van der Waals surface area (Å²) in [7, 11) is 1.38. The van der Waals surface area contributed by atoms with Gasteiger partial charge in [0.05, 0.1) is 18.5 Å². The van der Waals surface area contributed by atoms with E-state index in [9.17, 15) is 19.2 Å². The summed E-state index contributed by atoms with van der Waals surface area (Å²) in [6, 6.07) is 0. The van der Waals surface area contributed by atoms with E-state index in [1.165, 1.54) is 13.2 Å². The molecule has 244 valence electrons. The summed E-state index contributed by atoms with van der Waals surface area (Å²) in [6.45, 7) is 13.3. The van der Waals surface area contributed by atoms with Gasteiger partial charge in [0, 0.05) is 51.6 Å². The second kappa shape index (κ2) is 14.0. The first-order chi connectivity index (χ1) is 22.6. The standard InChI is InChI=1S/C37H40N4O6/c1-7-16-47-35(43)15-12-24-20(4)28(17-29-22(8-2)21(5)36(44)40-29)38-30(24)18-31-27(13-14-34(42)46-6)26-11-10-25-23(9-3)37(45)41-33(25)19-32(26)39-31/h7-8,17-19,38-39H,1-2,9-16H2,3-6H3,(H,40,44)/b29-17-,31-18+. The number of ether oxygens (including phenoxy) is 2. The summed E-state index contributed by atoms with van der Waals surface area (Å²) in [4.78, 5) is 61.1. The van der Waals surface area contributed by atoms with E-state index in [0.29, 0.717) is 49.1 Å². The third kappa shape index (κ3) is 6.67. The van der Waals surface area contributed by atoms with Crippen molar-refractivity contribution in [2.75, 3.05) is 13.7 Å². The molecule has 2 aromatic heterocycles. The number of amides is 2. The van der Waals surface area contributed by atoms with Gasteiger partial charge in [0.1, 0.15) is 6.61 Å². The first kappa shape index (κ1) is 33.1. The fraction of sp³-hybridized carbons (Fsp3) is 0.324. The topological polar surface area (TPSA) is 143 Å². The molecule has 10 heteroatoms. The zero-order valence-electron chi connectivity index (χ0n) is 27.4. The lowest BCUT2D eigenvalue weighted by Crippen LogP contribution is -2.15.